The molecule has 0 radical (unpaired) electrons. The highest BCUT2D eigenvalue weighted by atomic mass is 32.2. The van der Waals surface area contributed by atoms with Crippen LogP contribution < -0.4 is 5.43 Å². The predicted molar refractivity (Wildman–Crippen MR) is 165 cm³/mol. The first kappa shape index (κ1) is 33.7. The Balaban J connectivity index is 1.98. The van der Waals surface area contributed by atoms with Crippen molar-refractivity contribution in [1.29, 1.82) is 0 Å². The molecule has 1 unspecified atom stereocenters. The van der Waals surface area contributed by atoms with Crippen LogP contribution in [0.25, 0.3) is 0 Å². The second kappa shape index (κ2) is 15.1. The highest BCUT2D eigenvalue weighted by Gasteiger charge is 2.37. The molecule has 1 heterocycles. The maximum atomic E-state index is 13.8. The standard InChI is InChI=1S/C32H48N4O5S/c1-25(2)22-35(42(40,41)27-16-10-7-11-17-27)23-29(37)28(20-26-14-8-6-9-15-26)36(31(39)21-32(3,4)5)33-30(38)24-34-18-12-13-19-34/h6-11,14-17,25,28-29,37H,12-13,18-24H2,1-5H3,(H,33,38)/t28?,29-/m0/s1. The highest BCUT2D eigenvalue weighted by molar-refractivity contribution is 7.89. The number of carbonyl (C=O) groups excluding carboxylic acids is 2. The second-order valence-corrected chi connectivity index (χ2v) is 14.8. The Hall–Kier alpha value is -2.79. The van der Waals surface area contributed by atoms with Crippen molar-refractivity contribution in [2.45, 2.75) is 77.3 Å². The largest absolute Gasteiger partial charge is 0.390 e. The van der Waals surface area contributed by atoms with Crippen molar-refractivity contribution < 1.29 is 23.1 Å². The fourth-order valence-electron chi connectivity index (χ4n) is 5.19. The van der Waals surface area contributed by atoms with Gasteiger partial charge in [-0.15, -0.1) is 0 Å². The SMILES string of the molecule is CC(C)CN(C[C@H](O)C(Cc1ccccc1)N(NC(=O)CN1CCCC1)C(=O)CC(C)(C)C)S(=O)(=O)c1ccccc1. The summed E-state index contributed by atoms with van der Waals surface area (Å²) in [6.07, 6.45) is 1.11. The normalized spacial score (nSPS) is 16.0. The van der Waals surface area contributed by atoms with Crippen LogP contribution >= 0.6 is 0 Å². The number of hydrogen-bond acceptors (Lipinski definition) is 6. The van der Waals surface area contributed by atoms with Crippen LogP contribution in [0.2, 0.25) is 0 Å². The average Bonchev–Trinajstić information content (AvgIpc) is 3.43. The molecule has 1 saturated heterocycles. The van der Waals surface area contributed by atoms with E-state index >= 15 is 0 Å². The first-order chi connectivity index (χ1) is 19.8. The van der Waals surface area contributed by atoms with Gasteiger partial charge in [0.25, 0.3) is 5.91 Å². The summed E-state index contributed by atoms with van der Waals surface area (Å²) in [6.45, 7) is 11.4. The Kier molecular flexibility index (Phi) is 12.1. The van der Waals surface area contributed by atoms with Gasteiger partial charge in [-0.2, -0.15) is 4.31 Å². The van der Waals surface area contributed by atoms with E-state index in [1.54, 1.807) is 18.2 Å². The first-order valence-corrected chi connectivity index (χ1v) is 16.3. The minimum Gasteiger partial charge on any atom is -0.390 e. The van der Waals surface area contributed by atoms with E-state index in [2.05, 4.69) is 5.43 Å². The maximum absolute atomic E-state index is 13.8. The number of hydrazine groups is 1. The van der Waals surface area contributed by atoms with Gasteiger partial charge in [-0.3, -0.25) is 19.9 Å². The molecule has 2 amide bonds. The third-order valence-electron chi connectivity index (χ3n) is 7.17. The molecule has 2 N–H and O–H groups in total. The summed E-state index contributed by atoms with van der Waals surface area (Å²) in [7, 11) is -3.94. The van der Waals surface area contributed by atoms with Crippen LogP contribution in [0.3, 0.4) is 0 Å². The quantitative estimate of drug-likeness (QED) is 0.340. The van der Waals surface area contributed by atoms with Gasteiger partial charge in [0, 0.05) is 19.5 Å². The van der Waals surface area contributed by atoms with Gasteiger partial charge in [0.05, 0.1) is 23.6 Å². The third kappa shape index (κ3) is 10.2. The molecule has 2 aromatic rings. The summed E-state index contributed by atoms with van der Waals surface area (Å²) in [5.41, 5.74) is 3.30. The van der Waals surface area contributed by atoms with E-state index in [9.17, 15) is 23.1 Å². The summed E-state index contributed by atoms with van der Waals surface area (Å²) < 4.78 is 28.7. The number of aliphatic hydroxyl groups excluding tert-OH is 1. The summed E-state index contributed by atoms with van der Waals surface area (Å²) in [4.78, 5) is 29.2. The monoisotopic (exact) mass is 600 g/mol. The number of amides is 2. The van der Waals surface area contributed by atoms with Crippen LogP contribution in [0.15, 0.2) is 65.6 Å². The molecule has 0 bridgehead atoms. The molecule has 9 nitrogen and oxygen atoms in total. The van der Waals surface area contributed by atoms with Crippen molar-refractivity contribution in [3.8, 4) is 0 Å². The van der Waals surface area contributed by atoms with Crippen LogP contribution in [0.4, 0.5) is 0 Å². The van der Waals surface area contributed by atoms with Gasteiger partial charge >= 0.3 is 0 Å². The lowest BCUT2D eigenvalue weighted by Crippen LogP contribution is -2.60. The summed E-state index contributed by atoms with van der Waals surface area (Å²) >= 11 is 0. The van der Waals surface area contributed by atoms with Crippen molar-refractivity contribution >= 4 is 21.8 Å². The van der Waals surface area contributed by atoms with Gasteiger partial charge in [0.1, 0.15) is 0 Å². The molecule has 42 heavy (non-hydrogen) atoms. The van der Waals surface area contributed by atoms with Gasteiger partial charge in [-0.25, -0.2) is 13.4 Å². The van der Waals surface area contributed by atoms with Gasteiger partial charge in [0.2, 0.25) is 15.9 Å². The lowest BCUT2D eigenvalue weighted by Gasteiger charge is -2.38. The molecule has 1 aliphatic rings. The molecule has 0 spiro atoms. The number of sulfonamides is 1. The first-order valence-electron chi connectivity index (χ1n) is 14.9. The summed E-state index contributed by atoms with van der Waals surface area (Å²) in [5.74, 6) is -0.680. The lowest BCUT2D eigenvalue weighted by atomic mass is 9.91. The Morgan fingerprint density at radius 2 is 1.52 bits per heavy atom. The van der Waals surface area contributed by atoms with Crippen molar-refractivity contribution in [1.82, 2.24) is 19.6 Å². The Morgan fingerprint density at radius 1 is 0.952 bits per heavy atom. The summed E-state index contributed by atoms with van der Waals surface area (Å²) in [6, 6.07) is 16.7. The molecule has 1 aliphatic heterocycles. The fourth-order valence-corrected chi connectivity index (χ4v) is 6.83. The number of nitrogens with zero attached hydrogens (tertiary/aromatic N) is 3. The molecule has 2 atom stereocenters. The van der Waals surface area contributed by atoms with Crippen molar-refractivity contribution in [3.05, 3.63) is 66.2 Å². The lowest BCUT2D eigenvalue weighted by molar-refractivity contribution is -0.149. The molecule has 0 saturated carbocycles. The number of benzene rings is 2. The molecule has 0 aromatic heterocycles. The van der Waals surface area contributed by atoms with Crippen molar-refractivity contribution in [3.63, 3.8) is 0 Å². The molecule has 2 aromatic carbocycles. The minimum atomic E-state index is -3.94. The Bertz CT molecular complexity index is 1240. The van der Waals surface area contributed by atoms with Crippen LogP contribution in [0, 0.1) is 11.3 Å². The van der Waals surface area contributed by atoms with Crippen LogP contribution in [0.1, 0.15) is 59.4 Å². The molecular weight excluding hydrogens is 552 g/mol. The third-order valence-corrected chi connectivity index (χ3v) is 9.01. The molecule has 10 heteroatoms. The van der Waals surface area contributed by atoms with Gasteiger partial charge < -0.3 is 5.11 Å². The van der Waals surface area contributed by atoms with Gasteiger partial charge in [0.15, 0.2) is 0 Å². The van der Waals surface area contributed by atoms with E-state index in [-0.39, 0.29) is 60.5 Å². The Morgan fingerprint density at radius 3 is 2.07 bits per heavy atom. The van der Waals surface area contributed by atoms with Crippen molar-refractivity contribution in [2.24, 2.45) is 11.3 Å². The second-order valence-electron chi connectivity index (χ2n) is 12.9. The Labute approximate surface area is 251 Å². The number of carbonyl (C=O) groups is 2. The van der Waals surface area contributed by atoms with Gasteiger partial charge in [-0.05, 0) is 61.4 Å². The minimum absolute atomic E-state index is 0.0120. The summed E-state index contributed by atoms with van der Waals surface area (Å²) in [5, 5.41) is 13.1. The van der Waals surface area contributed by atoms with Gasteiger partial charge in [-0.1, -0.05) is 83.1 Å². The van der Waals surface area contributed by atoms with E-state index in [0.717, 1.165) is 31.5 Å². The van der Waals surface area contributed by atoms with E-state index in [1.807, 2.05) is 69.9 Å². The smallest absolute Gasteiger partial charge is 0.252 e. The molecular formula is C32H48N4O5S. The molecule has 232 valence electrons. The zero-order valence-electron chi connectivity index (χ0n) is 25.7. The predicted octanol–water partition coefficient (Wildman–Crippen LogP) is 3.70. The number of aliphatic hydroxyl groups is 1. The van der Waals surface area contributed by atoms with E-state index in [1.165, 1.54) is 21.4 Å². The average molecular weight is 601 g/mol. The van der Waals surface area contributed by atoms with Crippen LogP contribution in [-0.2, 0) is 26.0 Å². The maximum Gasteiger partial charge on any atom is 0.252 e. The zero-order valence-corrected chi connectivity index (χ0v) is 26.5. The number of rotatable bonds is 13. The topological polar surface area (TPSA) is 110 Å². The van der Waals surface area contributed by atoms with E-state index in [0.29, 0.717) is 0 Å². The fraction of sp³-hybridized carbons (Fsp3) is 0.562. The van der Waals surface area contributed by atoms with Crippen LogP contribution in [0.5, 0.6) is 0 Å². The number of hydrogen-bond donors (Lipinski definition) is 2. The molecule has 1 fully saturated rings. The van der Waals surface area contributed by atoms with E-state index in [4.69, 9.17) is 0 Å². The highest BCUT2D eigenvalue weighted by Crippen LogP contribution is 2.24. The number of nitrogens with one attached hydrogen (secondary N) is 1. The zero-order chi connectivity index (χ0) is 30.9. The van der Waals surface area contributed by atoms with Crippen molar-refractivity contribution in [2.75, 3.05) is 32.7 Å². The molecule has 3 rings (SSSR count). The number of likely N-dealkylation sites (tertiary alicyclic amines) is 1. The molecule has 0 aliphatic carbocycles. The van der Waals surface area contributed by atoms with Crippen LogP contribution in [-0.4, -0.2) is 84.4 Å². The van der Waals surface area contributed by atoms with E-state index < -0.39 is 22.2 Å².